The number of hydrogen-bond donors (Lipinski definition) is 2. The molecule has 2 aliphatic rings. The van der Waals surface area contributed by atoms with Crippen molar-refractivity contribution in [2.45, 2.75) is 25.6 Å². The Balaban J connectivity index is 1.69. The van der Waals surface area contributed by atoms with Gasteiger partial charge in [-0.3, -0.25) is 4.79 Å². The number of amides is 1. The van der Waals surface area contributed by atoms with Crippen molar-refractivity contribution in [3.63, 3.8) is 0 Å². The minimum Gasteiger partial charge on any atom is -0.361 e. The predicted octanol–water partition coefficient (Wildman–Crippen LogP) is 2.06. The molecule has 1 saturated heterocycles. The van der Waals surface area contributed by atoms with Gasteiger partial charge in [0.25, 0.3) is 5.91 Å². The lowest BCUT2D eigenvalue weighted by molar-refractivity contribution is 0.0935. The molecule has 0 radical (unpaired) electrons. The number of nitrogens with zero attached hydrogens (tertiary/aromatic N) is 2. The van der Waals surface area contributed by atoms with E-state index in [1.54, 1.807) is 23.7 Å². The molecule has 0 bridgehead atoms. The van der Waals surface area contributed by atoms with Crippen molar-refractivity contribution < 1.29 is 13.2 Å². The lowest BCUT2D eigenvalue weighted by atomic mass is 10.1. The van der Waals surface area contributed by atoms with Gasteiger partial charge in [0.2, 0.25) is 0 Å². The Labute approximate surface area is 150 Å². The highest BCUT2D eigenvalue weighted by Crippen LogP contribution is 2.35. The molecule has 0 aliphatic carbocycles. The largest absolute Gasteiger partial charge is 0.361 e. The van der Waals surface area contributed by atoms with Crippen molar-refractivity contribution in [2.24, 2.45) is 0 Å². The van der Waals surface area contributed by atoms with Gasteiger partial charge in [0.05, 0.1) is 34.4 Å². The standard InChI is InChI=1S/C16H17ClN4O3S/c1-9-13(14(17)21(20-9)10-6-7-25(23,24)8-10)15-18-12-5-3-2-4-11(12)16(22)19-15/h2-5,10,15,18H,6-8H2,1H3,(H,19,22)/t10-,15-/m1/s1. The van der Waals surface area contributed by atoms with Gasteiger partial charge in [-0.1, -0.05) is 23.7 Å². The average molecular weight is 381 g/mol. The van der Waals surface area contributed by atoms with Gasteiger partial charge in [-0.15, -0.1) is 0 Å². The summed E-state index contributed by atoms with van der Waals surface area (Å²) in [6, 6.07) is 6.96. The van der Waals surface area contributed by atoms with E-state index in [9.17, 15) is 13.2 Å². The summed E-state index contributed by atoms with van der Waals surface area (Å²) in [5.41, 5.74) is 2.62. The number of hydrogen-bond acceptors (Lipinski definition) is 5. The van der Waals surface area contributed by atoms with Crippen LogP contribution in [0.3, 0.4) is 0 Å². The zero-order valence-corrected chi connectivity index (χ0v) is 15.1. The van der Waals surface area contributed by atoms with E-state index in [-0.39, 0.29) is 23.5 Å². The molecule has 4 rings (SSSR count). The Bertz CT molecular complexity index is 970. The third-order valence-electron chi connectivity index (χ3n) is 4.66. The van der Waals surface area contributed by atoms with Crippen LogP contribution in [0.4, 0.5) is 5.69 Å². The minimum atomic E-state index is -3.04. The monoisotopic (exact) mass is 380 g/mol. The second-order valence-electron chi connectivity index (χ2n) is 6.39. The molecule has 1 amide bonds. The Morgan fingerprint density at radius 2 is 2.04 bits per heavy atom. The van der Waals surface area contributed by atoms with Crippen molar-refractivity contribution in [3.8, 4) is 0 Å². The van der Waals surface area contributed by atoms with Crippen LogP contribution in [0, 0.1) is 6.92 Å². The lowest BCUT2D eigenvalue weighted by Gasteiger charge is -2.28. The number of benzene rings is 1. The number of nitrogens with one attached hydrogen (secondary N) is 2. The smallest absolute Gasteiger partial charge is 0.255 e. The molecule has 1 aromatic heterocycles. The van der Waals surface area contributed by atoms with Gasteiger partial charge in [-0.25, -0.2) is 13.1 Å². The average Bonchev–Trinajstić information content (AvgIpc) is 3.06. The minimum absolute atomic E-state index is 0.0422. The van der Waals surface area contributed by atoms with Crippen molar-refractivity contribution >= 4 is 33.0 Å². The number of para-hydroxylation sites is 1. The highest BCUT2D eigenvalue weighted by Gasteiger charge is 2.35. The molecule has 2 aliphatic heterocycles. The number of aromatic nitrogens is 2. The maximum Gasteiger partial charge on any atom is 0.255 e. The molecule has 2 N–H and O–H groups in total. The first-order valence-corrected chi connectivity index (χ1v) is 10.2. The summed E-state index contributed by atoms with van der Waals surface area (Å²) in [6.45, 7) is 1.80. The van der Waals surface area contributed by atoms with Crippen molar-refractivity contribution in [1.29, 1.82) is 0 Å². The molecule has 2 atom stereocenters. The number of fused-ring (bicyclic) bond motifs is 1. The number of aryl methyl sites for hydroxylation is 1. The zero-order chi connectivity index (χ0) is 17.8. The van der Waals surface area contributed by atoms with Crippen LogP contribution < -0.4 is 10.6 Å². The van der Waals surface area contributed by atoms with Gasteiger partial charge >= 0.3 is 0 Å². The number of anilines is 1. The zero-order valence-electron chi connectivity index (χ0n) is 13.5. The van der Waals surface area contributed by atoms with Gasteiger partial charge in [-0.2, -0.15) is 5.10 Å². The van der Waals surface area contributed by atoms with Crippen molar-refractivity contribution in [1.82, 2.24) is 15.1 Å². The van der Waals surface area contributed by atoms with Gasteiger partial charge in [0.15, 0.2) is 9.84 Å². The fraction of sp³-hybridized carbons (Fsp3) is 0.375. The molecular weight excluding hydrogens is 364 g/mol. The van der Waals surface area contributed by atoms with Gasteiger partial charge in [-0.05, 0) is 25.5 Å². The van der Waals surface area contributed by atoms with E-state index in [2.05, 4.69) is 15.7 Å². The molecular formula is C16H17ClN4O3S. The highest BCUT2D eigenvalue weighted by atomic mass is 35.5. The van der Waals surface area contributed by atoms with E-state index in [0.29, 0.717) is 28.4 Å². The maximum absolute atomic E-state index is 12.3. The van der Waals surface area contributed by atoms with E-state index < -0.39 is 16.0 Å². The molecule has 0 unspecified atom stereocenters. The Morgan fingerprint density at radius 3 is 2.76 bits per heavy atom. The highest BCUT2D eigenvalue weighted by molar-refractivity contribution is 7.91. The normalized spacial score (nSPS) is 24.5. The van der Waals surface area contributed by atoms with Crippen LogP contribution in [0.2, 0.25) is 5.15 Å². The van der Waals surface area contributed by atoms with Crippen LogP contribution >= 0.6 is 11.6 Å². The molecule has 1 fully saturated rings. The van der Waals surface area contributed by atoms with E-state index in [0.717, 1.165) is 5.69 Å². The van der Waals surface area contributed by atoms with E-state index in [4.69, 9.17) is 11.6 Å². The van der Waals surface area contributed by atoms with Crippen LogP contribution in [0.1, 0.15) is 40.2 Å². The number of sulfone groups is 1. The van der Waals surface area contributed by atoms with Gasteiger partial charge < -0.3 is 10.6 Å². The number of carbonyl (C=O) groups excluding carboxylic acids is 1. The Kier molecular flexibility index (Phi) is 3.77. The van der Waals surface area contributed by atoms with Crippen molar-refractivity contribution in [3.05, 3.63) is 46.2 Å². The molecule has 7 nitrogen and oxygen atoms in total. The van der Waals surface area contributed by atoms with Crippen LogP contribution in [-0.2, 0) is 9.84 Å². The molecule has 2 aromatic rings. The summed E-state index contributed by atoms with van der Waals surface area (Å²) in [6.07, 6.45) is -0.0164. The first-order chi connectivity index (χ1) is 11.9. The quantitative estimate of drug-likeness (QED) is 0.831. The lowest BCUT2D eigenvalue weighted by Crippen LogP contribution is -2.38. The van der Waals surface area contributed by atoms with E-state index >= 15 is 0 Å². The molecule has 132 valence electrons. The fourth-order valence-electron chi connectivity index (χ4n) is 3.42. The Morgan fingerprint density at radius 1 is 1.28 bits per heavy atom. The topological polar surface area (TPSA) is 93.1 Å². The summed E-state index contributed by atoms with van der Waals surface area (Å²) in [5.74, 6) is 0.000203. The number of halogens is 1. The molecule has 0 saturated carbocycles. The first-order valence-electron chi connectivity index (χ1n) is 7.97. The van der Waals surface area contributed by atoms with E-state index in [1.807, 2.05) is 12.1 Å². The van der Waals surface area contributed by atoms with Crippen LogP contribution in [0.5, 0.6) is 0 Å². The third kappa shape index (κ3) is 2.79. The molecule has 1 aromatic carbocycles. The molecule has 0 spiro atoms. The second kappa shape index (κ2) is 5.74. The van der Waals surface area contributed by atoms with Crippen LogP contribution in [0.25, 0.3) is 0 Å². The molecule has 25 heavy (non-hydrogen) atoms. The fourth-order valence-corrected chi connectivity index (χ4v) is 5.54. The number of carbonyl (C=O) groups is 1. The first kappa shape index (κ1) is 16.4. The van der Waals surface area contributed by atoms with Gasteiger partial charge in [0, 0.05) is 5.69 Å². The van der Waals surface area contributed by atoms with Crippen LogP contribution in [0.15, 0.2) is 24.3 Å². The SMILES string of the molecule is Cc1nn([C@@H]2CCS(=O)(=O)C2)c(Cl)c1[C@H]1NC(=O)c2ccccc2N1. The summed E-state index contributed by atoms with van der Waals surface area (Å²) in [4.78, 5) is 12.3. The molecule has 3 heterocycles. The third-order valence-corrected chi connectivity index (χ3v) is 6.79. The summed E-state index contributed by atoms with van der Waals surface area (Å²) in [7, 11) is -3.04. The Hall–Kier alpha value is -2.06. The summed E-state index contributed by atoms with van der Waals surface area (Å²) < 4.78 is 25.1. The van der Waals surface area contributed by atoms with Crippen molar-refractivity contribution in [2.75, 3.05) is 16.8 Å². The van der Waals surface area contributed by atoms with E-state index in [1.165, 1.54) is 0 Å². The maximum atomic E-state index is 12.3. The second-order valence-corrected chi connectivity index (χ2v) is 8.97. The van der Waals surface area contributed by atoms with Crippen LogP contribution in [-0.4, -0.2) is 35.6 Å². The number of rotatable bonds is 2. The predicted molar refractivity (Wildman–Crippen MR) is 94.6 cm³/mol. The summed E-state index contributed by atoms with van der Waals surface area (Å²) >= 11 is 6.53. The molecule has 9 heteroatoms. The van der Waals surface area contributed by atoms with Gasteiger partial charge in [0.1, 0.15) is 11.3 Å². The summed E-state index contributed by atoms with van der Waals surface area (Å²) in [5, 5.41) is 10.9.